The van der Waals surface area contributed by atoms with Crippen LogP contribution in [0.15, 0.2) is 47.1 Å². The summed E-state index contributed by atoms with van der Waals surface area (Å²) in [7, 11) is 0. The van der Waals surface area contributed by atoms with Gasteiger partial charge in [-0.05, 0) is 49.4 Å². The maximum absolute atomic E-state index is 13.2. The standard InChI is InChI=1S/C25H34FN5O4/c26-20-4-6-21(7-5-20)30-10-12-31(13-11-30)22(23-3-1-16-35-23)19-28-25(33)24(32)27-8-2-9-29-14-17-34-18-15-29/h1,3-7,16,22H,2,8-15,17-19H2,(H,27,32)(H,28,33)/t22-/m0/s1. The zero-order valence-corrected chi connectivity index (χ0v) is 20.0. The molecule has 0 unspecified atom stereocenters. The summed E-state index contributed by atoms with van der Waals surface area (Å²) in [6.07, 6.45) is 2.40. The highest BCUT2D eigenvalue weighted by Gasteiger charge is 2.28. The second-order valence-electron chi connectivity index (χ2n) is 8.80. The Kier molecular flexibility index (Phi) is 9.10. The van der Waals surface area contributed by atoms with Crippen LogP contribution in [-0.2, 0) is 14.3 Å². The van der Waals surface area contributed by atoms with Gasteiger partial charge in [0, 0.05) is 58.0 Å². The zero-order chi connectivity index (χ0) is 24.5. The third-order valence-electron chi connectivity index (χ3n) is 6.52. The van der Waals surface area contributed by atoms with Gasteiger partial charge in [0.1, 0.15) is 11.6 Å². The lowest BCUT2D eigenvalue weighted by molar-refractivity contribution is -0.139. The van der Waals surface area contributed by atoms with Crippen LogP contribution in [0.3, 0.4) is 0 Å². The number of nitrogens with one attached hydrogen (secondary N) is 2. The summed E-state index contributed by atoms with van der Waals surface area (Å²) in [5.41, 5.74) is 0.985. The topological polar surface area (TPSA) is 90.3 Å². The molecule has 2 fully saturated rings. The van der Waals surface area contributed by atoms with E-state index in [1.165, 1.54) is 12.1 Å². The number of carbonyl (C=O) groups excluding carboxylic acids is 2. The summed E-state index contributed by atoms with van der Waals surface area (Å²) in [5, 5.41) is 5.48. The van der Waals surface area contributed by atoms with Crippen molar-refractivity contribution in [1.29, 1.82) is 0 Å². The van der Waals surface area contributed by atoms with Crippen molar-refractivity contribution in [1.82, 2.24) is 20.4 Å². The van der Waals surface area contributed by atoms with Crippen LogP contribution >= 0.6 is 0 Å². The third kappa shape index (κ3) is 7.27. The van der Waals surface area contributed by atoms with Crippen LogP contribution in [0.4, 0.5) is 10.1 Å². The molecule has 2 aliphatic heterocycles. The molecule has 0 aliphatic carbocycles. The van der Waals surface area contributed by atoms with Gasteiger partial charge in [0.2, 0.25) is 0 Å². The molecule has 2 aliphatic rings. The van der Waals surface area contributed by atoms with Gasteiger partial charge in [0.25, 0.3) is 0 Å². The molecule has 1 atom stereocenters. The number of rotatable bonds is 9. The highest BCUT2D eigenvalue weighted by Crippen LogP contribution is 2.24. The number of ether oxygens (including phenoxy) is 1. The first-order valence-corrected chi connectivity index (χ1v) is 12.2. The fourth-order valence-corrected chi connectivity index (χ4v) is 4.51. The first-order chi connectivity index (χ1) is 17.1. The second-order valence-corrected chi connectivity index (χ2v) is 8.80. The number of amides is 2. The molecule has 1 aromatic carbocycles. The summed E-state index contributed by atoms with van der Waals surface area (Å²) < 4.78 is 24.2. The number of piperazine rings is 1. The Hall–Kier alpha value is -2.95. The summed E-state index contributed by atoms with van der Waals surface area (Å²) in [6.45, 7) is 7.90. The molecule has 1 aromatic heterocycles. The number of benzene rings is 1. The maximum Gasteiger partial charge on any atom is 0.309 e. The van der Waals surface area contributed by atoms with Crippen LogP contribution < -0.4 is 15.5 Å². The van der Waals surface area contributed by atoms with Crippen LogP contribution in [0, 0.1) is 5.82 Å². The Morgan fingerprint density at radius 3 is 2.34 bits per heavy atom. The maximum atomic E-state index is 13.2. The Morgan fingerprint density at radius 1 is 0.943 bits per heavy atom. The smallest absolute Gasteiger partial charge is 0.309 e. The highest BCUT2D eigenvalue weighted by molar-refractivity contribution is 6.35. The Balaban J connectivity index is 1.23. The molecule has 2 amide bonds. The highest BCUT2D eigenvalue weighted by atomic mass is 19.1. The van der Waals surface area contributed by atoms with Crippen LogP contribution in [-0.4, -0.2) is 93.7 Å². The lowest BCUT2D eigenvalue weighted by Gasteiger charge is -2.39. The van der Waals surface area contributed by atoms with Gasteiger partial charge in [-0.15, -0.1) is 0 Å². The van der Waals surface area contributed by atoms with E-state index in [4.69, 9.17) is 9.15 Å². The van der Waals surface area contributed by atoms with Crippen molar-refractivity contribution >= 4 is 17.5 Å². The van der Waals surface area contributed by atoms with Crippen molar-refractivity contribution in [3.8, 4) is 0 Å². The Morgan fingerprint density at radius 2 is 1.66 bits per heavy atom. The van der Waals surface area contributed by atoms with Gasteiger partial charge in [-0.2, -0.15) is 0 Å². The fraction of sp³-hybridized carbons (Fsp3) is 0.520. The van der Waals surface area contributed by atoms with E-state index in [1.54, 1.807) is 18.4 Å². The normalized spacial score (nSPS) is 18.3. The fourth-order valence-electron chi connectivity index (χ4n) is 4.51. The van der Waals surface area contributed by atoms with Crippen LogP contribution in [0.25, 0.3) is 0 Å². The van der Waals surface area contributed by atoms with E-state index in [9.17, 15) is 14.0 Å². The summed E-state index contributed by atoms with van der Waals surface area (Å²) in [4.78, 5) is 31.4. The number of hydrogen-bond donors (Lipinski definition) is 2. The van der Waals surface area contributed by atoms with Gasteiger partial charge in [0.05, 0.1) is 25.5 Å². The van der Waals surface area contributed by atoms with Crippen LogP contribution in [0.2, 0.25) is 0 Å². The number of anilines is 1. The largest absolute Gasteiger partial charge is 0.468 e. The monoisotopic (exact) mass is 487 g/mol. The van der Waals surface area contributed by atoms with Crippen molar-refractivity contribution in [2.45, 2.75) is 12.5 Å². The van der Waals surface area contributed by atoms with E-state index in [0.29, 0.717) is 6.54 Å². The van der Waals surface area contributed by atoms with Crippen LogP contribution in [0.5, 0.6) is 0 Å². The third-order valence-corrected chi connectivity index (χ3v) is 6.52. The van der Waals surface area contributed by atoms with E-state index in [0.717, 1.165) is 76.9 Å². The molecular weight excluding hydrogens is 453 g/mol. The molecule has 2 aromatic rings. The molecule has 10 heteroatoms. The molecule has 0 radical (unpaired) electrons. The second kappa shape index (κ2) is 12.7. The van der Waals surface area contributed by atoms with Crippen molar-refractivity contribution in [2.75, 3.05) is 77.0 Å². The molecule has 190 valence electrons. The average Bonchev–Trinajstić information content (AvgIpc) is 3.43. The van der Waals surface area contributed by atoms with E-state index >= 15 is 0 Å². The van der Waals surface area contributed by atoms with Crippen molar-refractivity contribution < 1.29 is 23.1 Å². The summed E-state index contributed by atoms with van der Waals surface area (Å²) in [5.74, 6) is -0.766. The molecular formula is C25H34FN5O4. The number of morpholine rings is 1. The molecule has 0 bridgehead atoms. The Labute approximate surface area is 205 Å². The minimum absolute atomic E-state index is 0.182. The lowest BCUT2D eigenvalue weighted by Crippen LogP contribution is -2.50. The molecule has 2 N–H and O–H groups in total. The molecule has 0 spiro atoms. The lowest BCUT2D eigenvalue weighted by atomic mass is 10.1. The van der Waals surface area contributed by atoms with Gasteiger partial charge in [-0.1, -0.05) is 0 Å². The van der Waals surface area contributed by atoms with Crippen LogP contribution in [0.1, 0.15) is 18.2 Å². The van der Waals surface area contributed by atoms with Gasteiger partial charge >= 0.3 is 11.8 Å². The van der Waals surface area contributed by atoms with E-state index in [2.05, 4.69) is 25.3 Å². The summed E-state index contributed by atoms with van der Waals surface area (Å²) >= 11 is 0. The molecule has 0 saturated carbocycles. The van der Waals surface area contributed by atoms with E-state index in [-0.39, 0.29) is 18.4 Å². The van der Waals surface area contributed by atoms with Gasteiger partial charge < -0.3 is 24.7 Å². The minimum atomic E-state index is -0.641. The zero-order valence-electron chi connectivity index (χ0n) is 20.0. The molecule has 3 heterocycles. The van der Waals surface area contributed by atoms with Gasteiger partial charge in [-0.3, -0.25) is 19.4 Å². The molecule has 4 rings (SSSR count). The average molecular weight is 488 g/mol. The predicted octanol–water partition coefficient (Wildman–Crippen LogP) is 1.24. The quantitative estimate of drug-likeness (QED) is 0.406. The molecule has 35 heavy (non-hydrogen) atoms. The van der Waals surface area contributed by atoms with Crippen molar-refractivity contribution in [3.05, 3.63) is 54.2 Å². The van der Waals surface area contributed by atoms with Crippen molar-refractivity contribution in [2.24, 2.45) is 0 Å². The van der Waals surface area contributed by atoms with Gasteiger partial charge in [-0.25, -0.2) is 4.39 Å². The number of halogens is 1. The number of furan rings is 1. The SMILES string of the molecule is O=C(NCCCN1CCOCC1)C(=O)NC[C@@H](c1ccco1)N1CCN(c2ccc(F)cc2)CC1. The van der Waals surface area contributed by atoms with E-state index in [1.807, 2.05) is 12.1 Å². The van der Waals surface area contributed by atoms with E-state index < -0.39 is 11.8 Å². The first kappa shape index (κ1) is 25.2. The predicted molar refractivity (Wildman–Crippen MR) is 130 cm³/mol. The number of nitrogens with zero attached hydrogens (tertiary/aromatic N) is 3. The molecule has 2 saturated heterocycles. The molecule has 9 nitrogen and oxygen atoms in total. The number of carbonyl (C=O) groups is 2. The van der Waals surface area contributed by atoms with Gasteiger partial charge in [0.15, 0.2) is 0 Å². The Bertz CT molecular complexity index is 926. The first-order valence-electron chi connectivity index (χ1n) is 12.2. The number of hydrogen-bond acceptors (Lipinski definition) is 7. The van der Waals surface area contributed by atoms with Crippen molar-refractivity contribution in [3.63, 3.8) is 0 Å². The minimum Gasteiger partial charge on any atom is -0.468 e. The summed E-state index contributed by atoms with van der Waals surface area (Å²) in [6, 6.07) is 10.0.